The molecule has 0 radical (unpaired) electrons. The highest BCUT2D eigenvalue weighted by Gasteiger charge is 2.23. The third kappa shape index (κ3) is 4.39. The van der Waals surface area contributed by atoms with Crippen LogP contribution in [0.4, 0.5) is 11.4 Å². The Morgan fingerprint density at radius 2 is 1.88 bits per heavy atom. The number of nitrogens with zero attached hydrogens (tertiary/aromatic N) is 1. The number of carbonyl (C=O) groups is 1. The zero-order valence-electron chi connectivity index (χ0n) is 13.9. The molecule has 0 unspecified atom stereocenters. The Hall–Kier alpha value is -2.45. The number of fused-ring (bicyclic) bond motifs is 1. The van der Waals surface area contributed by atoms with Gasteiger partial charge in [0.2, 0.25) is 15.9 Å². The maximum atomic E-state index is 12.3. The van der Waals surface area contributed by atoms with Gasteiger partial charge in [-0.25, -0.2) is 8.42 Å². The van der Waals surface area contributed by atoms with Gasteiger partial charge >= 0.3 is 0 Å². The molecule has 1 amide bonds. The van der Waals surface area contributed by atoms with Crippen LogP contribution in [0.2, 0.25) is 5.02 Å². The van der Waals surface area contributed by atoms with E-state index >= 15 is 0 Å². The van der Waals surface area contributed by atoms with Crippen molar-refractivity contribution in [2.24, 2.45) is 0 Å². The van der Waals surface area contributed by atoms with Crippen LogP contribution >= 0.6 is 11.6 Å². The summed E-state index contributed by atoms with van der Waals surface area (Å²) in [6.45, 7) is 0.430. The third-order valence-corrected chi connectivity index (χ3v) is 4.99. The van der Waals surface area contributed by atoms with Gasteiger partial charge in [-0.2, -0.15) is 0 Å². The summed E-state index contributed by atoms with van der Waals surface area (Å²) in [6.07, 6.45) is 1.04. The molecule has 0 bridgehead atoms. The zero-order chi connectivity index (χ0) is 18.7. The molecule has 0 spiro atoms. The number of rotatable bonds is 5. The highest BCUT2D eigenvalue weighted by molar-refractivity contribution is 7.92. The van der Waals surface area contributed by atoms with Gasteiger partial charge in [0.25, 0.3) is 0 Å². The van der Waals surface area contributed by atoms with Crippen LogP contribution in [0.15, 0.2) is 42.5 Å². The van der Waals surface area contributed by atoms with Crippen LogP contribution in [0.25, 0.3) is 0 Å². The fourth-order valence-electron chi connectivity index (χ4n) is 2.48. The summed E-state index contributed by atoms with van der Waals surface area (Å²) in [4.78, 5) is 12.3. The van der Waals surface area contributed by atoms with Crippen molar-refractivity contribution in [1.29, 1.82) is 0 Å². The summed E-state index contributed by atoms with van der Waals surface area (Å²) in [5, 5.41) is 3.10. The molecule has 138 valence electrons. The molecular formula is C17H17ClN2O5S. The monoisotopic (exact) mass is 396 g/mol. The molecule has 1 aliphatic rings. The van der Waals surface area contributed by atoms with Crippen molar-refractivity contribution in [3.63, 3.8) is 0 Å². The van der Waals surface area contributed by atoms with E-state index in [4.69, 9.17) is 21.1 Å². The molecule has 0 fully saturated rings. The second-order valence-electron chi connectivity index (χ2n) is 5.66. The molecule has 0 saturated heterocycles. The lowest BCUT2D eigenvalue weighted by Crippen LogP contribution is -2.37. The molecule has 0 aromatic heterocycles. The second-order valence-corrected chi connectivity index (χ2v) is 8.00. The highest BCUT2D eigenvalue weighted by Crippen LogP contribution is 2.34. The van der Waals surface area contributed by atoms with Gasteiger partial charge in [-0.15, -0.1) is 0 Å². The normalized spacial score (nSPS) is 13.2. The fourth-order valence-corrected chi connectivity index (χ4v) is 3.52. The molecule has 1 aliphatic heterocycles. The first-order valence-electron chi connectivity index (χ1n) is 7.76. The Kier molecular flexibility index (Phi) is 5.24. The number of ether oxygens (including phenoxy) is 2. The summed E-state index contributed by atoms with van der Waals surface area (Å²) in [7, 11) is -3.69. The number of sulfonamides is 1. The number of anilines is 2. The Bertz CT molecular complexity index is 933. The van der Waals surface area contributed by atoms with Crippen molar-refractivity contribution >= 4 is 38.9 Å². The quantitative estimate of drug-likeness (QED) is 0.839. The molecule has 1 heterocycles. The maximum Gasteiger partial charge on any atom is 0.245 e. The smallest absolute Gasteiger partial charge is 0.245 e. The minimum atomic E-state index is -3.69. The van der Waals surface area contributed by atoms with E-state index in [1.165, 1.54) is 0 Å². The van der Waals surface area contributed by atoms with Crippen LogP contribution in [0.1, 0.15) is 0 Å². The van der Waals surface area contributed by atoms with E-state index in [9.17, 15) is 13.2 Å². The summed E-state index contributed by atoms with van der Waals surface area (Å²) in [5.41, 5.74) is 0.802. The Morgan fingerprint density at radius 1 is 1.15 bits per heavy atom. The number of benzene rings is 2. The maximum absolute atomic E-state index is 12.3. The first-order chi connectivity index (χ1) is 12.3. The summed E-state index contributed by atoms with van der Waals surface area (Å²) in [5.74, 6) is 0.488. The number of carbonyl (C=O) groups excluding carboxylic acids is 1. The zero-order valence-corrected chi connectivity index (χ0v) is 15.5. The van der Waals surface area contributed by atoms with Crippen molar-refractivity contribution in [2.45, 2.75) is 0 Å². The first kappa shape index (κ1) is 18.3. The van der Waals surface area contributed by atoms with Crippen molar-refractivity contribution in [2.75, 3.05) is 35.6 Å². The van der Waals surface area contributed by atoms with E-state index in [1.807, 2.05) is 0 Å². The molecule has 26 heavy (non-hydrogen) atoms. The predicted molar refractivity (Wildman–Crippen MR) is 99.7 cm³/mol. The van der Waals surface area contributed by atoms with Crippen molar-refractivity contribution in [3.8, 4) is 11.5 Å². The molecule has 0 saturated carbocycles. The Balaban J connectivity index is 1.82. The van der Waals surface area contributed by atoms with Crippen molar-refractivity contribution < 1.29 is 22.7 Å². The average molecular weight is 397 g/mol. The first-order valence-corrected chi connectivity index (χ1v) is 9.98. The average Bonchev–Trinajstić information content (AvgIpc) is 2.58. The van der Waals surface area contributed by atoms with Crippen LogP contribution in [-0.4, -0.2) is 40.3 Å². The van der Waals surface area contributed by atoms with Gasteiger partial charge in [-0.05, 0) is 30.3 Å². The molecule has 9 heteroatoms. The minimum Gasteiger partial charge on any atom is -0.486 e. The number of amides is 1. The number of hydrogen-bond acceptors (Lipinski definition) is 5. The topological polar surface area (TPSA) is 84.9 Å². The van der Waals surface area contributed by atoms with E-state index in [-0.39, 0.29) is 6.54 Å². The van der Waals surface area contributed by atoms with Crippen LogP contribution in [0.5, 0.6) is 11.5 Å². The Labute approximate surface area is 156 Å². The molecule has 0 atom stereocenters. The lowest BCUT2D eigenvalue weighted by molar-refractivity contribution is -0.114. The standard InChI is InChI=1S/C17H17ClN2O5S/c1-26(22,23)20(11-17(21)19-13-4-2-3-12(18)9-13)14-5-6-15-16(10-14)25-8-7-24-15/h2-6,9-10H,7-8,11H2,1H3,(H,19,21). The van der Waals surface area contributed by atoms with Crippen LogP contribution in [0.3, 0.4) is 0 Å². The molecule has 1 N–H and O–H groups in total. The molecular weight excluding hydrogens is 380 g/mol. The van der Waals surface area contributed by atoms with Gasteiger partial charge in [0, 0.05) is 16.8 Å². The van der Waals surface area contributed by atoms with Gasteiger partial charge < -0.3 is 14.8 Å². The third-order valence-electron chi connectivity index (χ3n) is 3.61. The minimum absolute atomic E-state index is 0.318. The lowest BCUT2D eigenvalue weighted by Gasteiger charge is -2.24. The van der Waals surface area contributed by atoms with Crippen molar-refractivity contribution in [1.82, 2.24) is 0 Å². The predicted octanol–water partition coefficient (Wildman–Crippen LogP) is 2.52. The van der Waals surface area contributed by atoms with E-state index in [0.29, 0.717) is 41.1 Å². The SMILES string of the molecule is CS(=O)(=O)N(CC(=O)Nc1cccc(Cl)c1)c1ccc2c(c1)OCCO2. The second kappa shape index (κ2) is 7.43. The molecule has 7 nitrogen and oxygen atoms in total. The van der Waals surface area contributed by atoms with E-state index in [0.717, 1.165) is 10.6 Å². The van der Waals surface area contributed by atoms with Gasteiger partial charge in [-0.1, -0.05) is 17.7 Å². The summed E-state index contributed by atoms with van der Waals surface area (Å²) in [6, 6.07) is 11.3. The number of nitrogens with one attached hydrogen (secondary N) is 1. The largest absolute Gasteiger partial charge is 0.486 e. The van der Waals surface area contributed by atoms with Gasteiger partial charge in [-0.3, -0.25) is 9.10 Å². The summed E-state index contributed by atoms with van der Waals surface area (Å²) < 4.78 is 36.3. The van der Waals surface area contributed by atoms with Crippen LogP contribution < -0.4 is 19.1 Å². The highest BCUT2D eigenvalue weighted by atomic mass is 35.5. The molecule has 2 aromatic carbocycles. The van der Waals surface area contributed by atoms with Gasteiger partial charge in [0.05, 0.1) is 11.9 Å². The molecule has 2 aromatic rings. The summed E-state index contributed by atoms with van der Waals surface area (Å²) >= 11 is 5.89. The number of halogens is 1. The van der Waals surface area contributed by atoms with Crippen LogP contribution in [-0.2, 0) is 14.8 Å². The van der Waals surface area contributed by atoms with Crippen LogP contribution in [0, 0.1) is 0 Å². The van der Waals surface area contributed by atoms with Gasteiger partial charge in [0.15, 0.2) is 11.5 Å². The Morgan fingerprint density at radius 3 is 2.58 bits per heavy atom. The fraction of sp³-hybridized carbons (Fsp3) is 0.235. The van der Waals surface area contributed by atoms with E-state index < -0.39 is 15.9 Å². The lowest BCUT2D eigenvalue weighted by atomic mass is 10.2. The molecule has 0 aliphatic carbocycles. The number of hydrogen-bond donors (Lipinski definition) is 1. The van der Waals surface area contributed by atoms with E-state index in [2.05, 4.69) is 5.32 Å². The van der Waals surface area contributed by atoms with Gasteiger partial charge in [0.1, 0.15) is 19.8 Å². The van der Waals surface area contributed by atoms with Crippen molar-refractivity contribution in [3.05, 3.63) is 47.5 Å². The molecule has 3 rings (SSSR count). The van der Waals surface area contributed by atoms with E-state index in [1.54, 1.807) is 42.5 Å².